The third-order valence-corrected chi connectivity index (χ3v) is 3.71. The lowest BCUT2D eigenvalue weighted by atomic mass is 10.2. The van der Waals surface area contributed by atoms with Crippen LogP contribution in [0.3, 0.4) is 0 Å². The molecule has 1 unspecified atom stereocenters. The number of hydrogen-bond donors (Lipinski definition) is 3. The van der Waals surface area contributed by atoms with Crippen LogP contribution in [0.15, 0.2) is 5.38 Å². The number of nitrogens with zero attached hydrogens (tertiary/aromatic N) is 2. The number of nitrogens with two attached hydrogens (primary N) is 1. The molecule has 4 N–H and O–H groups in total. The van der Waals surface area contributed by atoms with Crippen LogP contribution >= 0.6 is 11.3 Å². The van der Waals surface area contributed by atoms with Crippen molar-refractivity contribution in [1.82, 2.24) is 20.5 Å². The molecule has 1 atom stereocenters. The Hall–Kier alpha value is -1.89. The highest BCUT2D eigenvalue weighted by atomic mass is 32.1. The summed E-state index contributed by atoms with van der Waals surface area (Å²) in [6.07, 6.45) is 0. The Morgan fingerprint density at radius 3 is 2.78 bits per heavy atom. The molecule has 0 saturated heterocycles. The molecule has 7 heteroatoms. The minimum absolute atomic E-state index is 0.160. The van der Waals surface area contributed by atoms with E-state index in [1.807, 2.05) is 19.2 Å². The maximum atomic E-state index is 12.0. The number of hydrogen-bond acceptors (Lipinski definition) is 5. The Morgan fingerprint density at radius 1 is 1.56 bits per heavy atom. The molecule has 0 aliphatic carbocycles. The Bertz CT molecular complexity index is 574. The number of nitrogens with one attached hydrogen (secondary N) is 2. The molecule has 0 aliphatic heterocycles. The van der Waals surface area contributed by atoms with Gasteiger partial charge in [0.15, 0.2) is 5.69 Å². The fourth-order valence-electron chi connectivity index (χ4n) is 1.51. The molecular weight excluding hydrogens is 250 g/mol. The van der Waals surface area contributed by atoms with Crippen molar-refractivity contribution in [3.05, 3.63) is 27.5 Å². The third-order valence-electron chi connectivity index (χ3n) is 2.56. The second-order valence-corrected chi connectivity index (χ2v) is 5.02. The normalized spacial score (nSPS) is 12.4. The summed E-state index contributed by atoms with van der Waals surface area (Å²) in [6.45, 7) is 5.57. The molecule has 1 amide bonds. The second-order valence-electron chi connectivity index (χ2n) is 4.13. The third kappa shape index (κ3) is 2.35. The van der Waals surface area contributed by atoms with Crippen LogP contribution in [-0.2, 0) is 0 Å². The maximum Gasteiger partial charge on any atom is 0.274 e. The van der Waals surface area contributed by atoms with Gasteiger partial charge in [-0.05, 0) is 20.8 Å². The molecule has 2 heterocycles. The van der Waals surface area contributed by atoms with Crippen molar-refractivity contribution in [2.24, 2.45) is 0 Å². The van der Waals surface area contributed by atoms with Gasteiger partial charge in [0.1, 0.15) is 5.01 Å². The monoisotopic (exact) mass is 265 g/mol. The summed E-state index contributed by atoms with van der Waals surface area (Å²) >= 11 is 1.52. The van der Waals surface area contributed by atoms with E-state index in [2.05, 4.69) is 20.5 Å². The van der Waals surface area contributed by atoms with Gasteiger partial charge in [-0.1, -0.05) is 0 Å². The smallest absolute Gasteiger partial charge is 0.274 e. The van der Waals surface area contributed by atoms with E-state index >= 15 is 0 Å². The summed E-state index contributed by atoms with van der Waals surface area (Å²) < 4.78 is 0. The number of rotatable bonds is 3. The molecule has 6 nitrogen and oxygen atoms in total. The quantitative estimate of drug-likeness (QED) is 0.784. The molecule has 0 fully saturated rings. The topological polar surface area (TPSA) is 96.7 Å². The molecule has 0 radical (unpaired) electrons. The van der Waals surface area contributed by atoms with Crippen molar-refractivity contribution >= 4 is 22.9 Å². The molecule has 2 aromatic heterocycles. The SMILES string of the molecule is Cc1csc(C(C)NC(=O)c2n[nH]c(C)c2N)n1. The van der Waals surface area contributed by atoms with Crippen LogP contribution in [0, 0.1) is 13.8 Å². The summed E-state index contributed by atoms with van der Waals surface area (Å²) in [5.41, 5.74) is 8.01. The van der Waals surface area contributed by atoms with Gasteiger partial charge in [-0.15, -0.1) is 11.3 Å². The number of H-pyrrole nitrogens is 1. The van der Waals surface area contributed by atoms with Gasteiger partial charge in [0.25, 0.3) is 5.91 Å². The Labute approximate surface area is 109 Å². The fourth-order valence-corrected chi connectivity index (χ4v) is 2.31. The summed E-state index contributed by atoms with van der Waals surface area (Å²) in [5, 5.41) is 12.2. The van der Waals surface area contributed by atoms with Crippen molar-refractivity contribution in [1.29, 1.82) is 0 Å². The summed E-state index contributed by atoms with van der Waals surface area (Å²) in [4.78, 5) is 16.3. The van der Waals surface area contributed by atoms with Crippen LogP contribution in [0.4, 0.5) is 5.69 Å². The number of amides is 1. The standard InChI is InChI=1S/C11H15N5OS/c1-5-4-18-11(13-5)7(3)14-10(17)9-8(12)6(2)15-16-9/h4,7H,12H2,1-3H3,(H,14,17)(H,15,16). The fraction of sp³-hybridized carbons (Fsp3) is 0.364. The summed E-state index contributed by atoms with van der Waals surface area (Å²) in [5.74, 6) is -0.294. The Morgan fingerprint density at radius 2 is 2.28 bits per heavy atom. The van der Waals surface area contributed by atoms with Gasteiger partial charge in [0.05, 0.1) is 17.4 Å². The molecular formula is C11H15N5OS. The van der Waals surface area contributed by atoms with Crippen LogP contribution in [0.25, 0.3) is 0 Å². The van der Waals surface area contributed by atoms with E-state index in [0.29, 0.717) is 11.4 Å². The number of carbonyl (C=O) groups is 1. The highest BCUT2D eigenvalue weighted by molar-refractivity contribution is 7.09. The number of aromatic nitrogens is 3. The lowest BCUT2D eigenvalue weighted by Crippen LogP contribution is -2.27. The van der Waals surface area contributed by atoms with E-state index in [1.165, 1.54) is 11.3 Å². The van der Waals surface area contributed by atoms with Gasteiger partial charge in [-0.25, -0.2) is 4.98 Å². The number of thiazole rings is 1. The number of aromatic amines is 1. The first kappa shape index (κ1) is 12.6. The van der Waals surface area contributed by atoms with E-state index in [-0.39, 0.29) is 17.6 Å². The van der Waals surface area contributed by atoms with Crippen molar-refractivity contribution in [3.63, 3.8) is 0 Å². The minimum Gasteiger partial charge on any atom is -0.395 e. The number of nitrogen functional groups attached to an aromatic ring is 1. The van der Waals surface area contributed by atoms with E-state index in [1.54, 1.807) is 6.92 Å². The predicted molar refractivity (Wildman–Crippen MR) is 70.5 cm³/mol. The first-order chi connectivity index (χ1) is 8.49. The van der Waals surface area contributed by atoms with Crippen LogP contribution < -0.4 is 11.1 Å². The van der Waals surface area contributed by atoms with Crippen LogP contribution in [0.5, 0.6) is 0 Å². The van der Waals surface area contributed by atoms with Crippen molar-refractivity contribution in [2.75, 3.05) is 5.73 Å². The van der Waals surface area contributed by atoms with Gasteiger partial charge in [0.2, 0.25) is 0 Å². The molecule has 2 aromatic rings. The first-order valence-corrected chi connectivity index (χ1v) is 6.40. The van der Waals surface area contributed by atoms with Crippen molar-refractivity contribution in [2.45, 2.75) is 26.8 Å². The van der Waals surface area contributed by atoms with Gasteiger partial charge in [-0.2, -0.15) is 5.10 Å². The van der Waals surface area contributed by atoms with Crippen molar-refractivity contribution in [3.8, 4) is 0 Å². The Balaban J connectivity index is 2.10. The lowest BCUT2D eigenvalue weighted by molar-refractivity contribution is 0.0935. The van der Waals surface area contributed by atoms with E-state index in [9.17, 15) is 4.79 Å². The average molecular weight is 265 g/mol. The first-order valence-electron chi connectivity index (χ1n) is 5.52. The van der Waals surface area contributed by atoms with Gasteiger partial charge >= 0.3 is 0 Å². The molecule has 0 spiro atoms. The minimum atomic E-state index is -0.294. The van der Waals surface area contributed by atoms with Gasteiger partial charge < -0.3 is 11.1 Å². The average Bonchev–Trinajstić information content (AvgIpc) is 2.87. The highest BCUT2D eigenvalue weighted by Crippen LogP contribution is 2.19. The molecule has 0 bridgehead atoms. The molecule has 0 aliphatic rings. The molecule has 2 rings (SSSR count). The molecule has 0 saturated carbocycles. The van der Waals surface area contributed by atoms with Crippen LogP contribution in [0.1, 0.15) is 39.8 Å². The zero-order valence-electron chi connectivity index (χ0n) is 10.4. The van der Waals surface area contributed by atoms with E-state index < -0.39 is 0 Å². The highest BCUT2D eigenvalue weighted by Gasteiger charge is 2.19. The van der Waals surface area contributed by atoms with Gasteiger partial charge in [0, 0.05) is 11.1 Å². The van der Waals surface area contributed by atoms with E-state index in [0.717, 1.165) is 10.7 Å². The summed E-state index contributed by atoms with van der Waals surface area (Å²) in [6, 6.07) is -0.160. The molecule has 18 heavy (non-hydrogen) atoms. The number of aryl methyl sites for hydroxylation is 2. The van der Waals surface area contributed by atoms with Crippen LogP contribution in [0.2, 0.25) is 0 Å². The zero-order valence-corrected chi connectivity index (χ0v) is 11.3. The van der Waals surface area contributed by atoms with E-state index in [4.69, 9.17) is 5.73 Å². The van der Waals surface area contributed by atoms with Crippen LogP contribution in [-0.4, -0.2) is 21.1 Å². The summed E-state index contributed by atoms with van der Waals surface area (Å²) in [7, 11) is 0. The molecule has 96 valence electrons. The van der Waals surface area contributed by atoms with Gasteiger partial charge in [-0.3, -0.25) is 9.89 Å². The molecule has 0 aromatic carbocycles. The Kier molecular flexibility index (Phi) is 3.33. The largest absolute Gasteiger partial charge is 0.395 e. The second kappa shape index (κ2) is 4.77. The number of anilines is 1. The van der Waals surface area contributed by atoms with Crippen molar-refractivity contribution < 1.29 is 4.79 Å². The maximum absolute atomic E-state index is 12.0. The number of carbonyl (C=O) groups excluding carboxylic acids is 1. The lowest BCUT2D eigenvalue weighted by Gasteiger charge is -2.10. The predicted octanol–water partition coefficient (Wildman–Crippen LogP) is 1.56. The zero-order chi connectivity index (χ0) is 13.3.